The van der Waals surface area contributed by atoms with Gasteiger partial charge in [0, 0.05) is 5.02 Å². The van der Waals surface area contributed by atoms with Gasteiger partial charge in [0.2, 0.25) is 0 Å². The Bertz CT molecular complexity index is 380. The first-order valence-electron chi connectivity index (χ1n) is 5.46. The van der Waals surface area contributed by atoms with E-state index in [4.69, 9.17) is 16.9 Å². The van der Waals surface area contributed by atoms with Crippen LogP contribution in [-0.2, 0) is 0 Å². The average Bonchev–Trinajstić information content (AvgIpc) is 2.29. The summed E-state index contributed by atoms with van der Waals surface area (Å²) in [5, 5.41) is 9.88. The largest absolute Gasteiger partial charge is 0.198 e. The number of nitrogens with zero attached hydrogens (tertiary/aromatic N) is 1. The molecule has 2 rings (SSSR count). The van der Waals surface area contributed by atoms with Crippen molar-refractivity contribution < 1.29 is 0 Å². The van der Waals surface area contributed by atoms with Crippen molar-refractivity contribution in [3.05, 3.63) is 34.9 Å². The molecule has 0 saturated heterocycles. The van der Waals surface area contributed by atoms with Crippen LogP contribution >= 0.6 is 11.6 Å². The quantitative estimate of drug-likeness (QED) is 0.697. The van der Waals surface area contributed by atoms with Crippen molar-refractivity contribution >= 4 is 11.6 Å². The van der Waals surface area contributed by atoms with Crippen molar-refractivity contribution in [2.24, 2.45) is 5.92 Å². The lowest BCUT2D eigenvalue weighted by Crippen LogP contribution is -2.16. The smallest absolute Gasteiger partial charge is 0.0662 e. The molecule has 78 valence electrons. The number of nitriles is 1. The monoisotopic (exact) mass is 219 g/mol. The average molecular weight is 220 g/mol. The molecule has 1 aromatic carbocycles. The Balaban J connectivity index is 2.25. The minimum atomic E-state index is 0.178. The second-order valence-corrected chi connectivity index (χ2v) is 4.62. The van der Waals surface area contributed by atoms with E-state index < -0.39 is 0 Å². The number of rotatable bonds is 1. The predicted molar refractivity (Wildman–Crippen MR) is 61.8 cm³/mol. The van der Waals surface area contributed by atoms with Crippen LogP contribution in [0.2, 0.25) is 5.02 Å². The molecule has 0 N–H and O–H groups in total. The molecule has 0 aromatic heterocycles. The number of halogens is 1. The SMILES string of the molecule is N#CC1CCCCC1c1cccc(Cl)c1. The molecule has 2 heteroatoms. The van der Waals surface area contributed by atoms with E-state index in [1.807, 2.05) is 18.2 Å². The maximum absolute atomic E-state index is 9.11. The van der Waals surface area contributed by atoms with Crippen molar-refractivity contribution in [1.29, 1.82) is 5.26 Å². The van der Waals surface area contributed by atoms with Crippen LogP contribution in [0.5, 0.6) is 0 Å². The van der Waals surface area contributed by atoms with E-state index in [0.29, 0.717) is 5.92 Å². The van der Waals surface area contributed by atoms with Crippen molar-refractivity contribution in [3.63, 3.8) is 0 Å². The van der Waals surface area contributed by atoms with Crippen molar-refractivity contribution in [2.75, 3.05) is 0 Å². The molecule has 0 spiro atoms. The van der Waals surface area contributed by atoms with E-state index in [1.165, 1.54) is 18.4 Å². The van der Waals surface area contributed by atoms with Gasteiger partial charge in [0.25, 0.3) is 0 Å². The first-order valence-corrected chi connectivity index (χ1v) is 5.84. The van der Waals surface area contributed by atoms with Gasteiger partial charge in [0.1, 0.15) is 0 Å². The topological polar surface area (TPSA) is 23.8 Å². The van der Waals surface area contributed by atoms with Crippen LogP contribution in [0.3, 0.4) is 0 Å². The Kier molecular flexibility index (Phi) is 3.28. The summed E-state index contributed by atoms with van der Waals surface area (Å²) in [6.45, 7) is 0. The fourth-order valence-corrected chi connectivity index (χ4v) is 2.62. The number of hydrogen-bond acceptors (Lipinski definition) is 1. The molecule has 1 aliphatic carbocycles. The van der Waals surface area contributed by atoms with Crippen LogP contribution in [0.1, 0.15) is 37.2 Å². The third-order valence-corrected chi connectivity index (χ3v) is 3.44. The van der Waals surface area contributed by atoms with Crippen LogP contribution in [0, 0.1) is 17.2 Å². The lowest BCUT2D eigenvalue weighted by molar-refractivity contribution is 0.369. The number of benzene rings is 1. The van der Waals surface area contributed by atoms with E-state index in [1.54, 1.807) is 0 Å². The molecule has 1 aliphatic rings. The summed E-state index contributed by atoms with van der Waals surface area (Å²) >= 11 is 5.97. The third-order valence-electron chi connectivity index (χ3n) is 3.21. The fraction of sp³-hybridized carbons (Fsp3) is 0.462. The second-order valence-electron chi connectivity index (χ2n) is 4.18. The summed E-state index contributed by atoms with van der Waals surface area (Å²) in [5.41, 5.74) is 1.23. The molecule has 0 bridgehead atoms. The van der Waals surface area contributed by atoms with Gasteiger partial charge in [-0.1, -0.05) is 36.6 Å². The standard InChI is InChI=1S/C13H14ClN/c14-12-6-3-5-10(8-12)13-7-2-1-4-11(13)9-15/h3,5-6,8,11,13H,1-2,4,7H2. The molecule has 2 unspecified atom stereocenters. The molecule has 15 heavy (non-hydrogen) atoms. The van der Waals surface area contributed by atoms with E-state index in [-0.39, 0.29) is 5.92 Å². The van der Waals surface area contributed by atoms with Crippen LogP contribution in [0.4, 0.5) is 0 Å². The second kappa shape index (κ2) is 4.68. The van der Waals surface area contributed by atoms with Crippen LogP contribution in [0.25, 0.3) is 0 Å². The zero-order valence-electron chi connectivity index (χ0n) is 8.62. The first kappa shape index (κ1) is 10.5. The summed E-state index contributed by atoms with van der Waals surface area (Å²) in [4.78, 5) is 0. The normalized spacial score (nSPS) is 25.9. The highest BCUT2D eigenvalue weighted by Gasteiger charge is 2.26. The van der Waals surface area contributed by atoms with Crippen molar-refractivity contribution in [3.8, 4) is 6.07 Å². The molecule has 2 atom stereocenters. The lowest BCUT2D eigenvalue weighted by atomic mass is 9.76. The Morgan fingerprint density at radius 1 is 1.27 bits per heavy atom. The molecule has 1 saturated carbocycles. The summed E-state index contributed by atoms with van der Waals surface area (Å²) in [6, 6.07) is 10.4. The maximum atomic E-state index is 9.11. The Hall–Kier alpha value is -1.00. The fourth-order valence-electron chi connectivity index (χ4n) is 2.42. The summed E-state index contributed by atoms with van der Waals surface area (Å²) < 4.78 is 0. The molecule has 1 fully saturated rings. The minimum Gasteiger partial charge on any atom is -0.198 e. The van der Waals surface area contributed by atoms with E-state index in [9.17, 15) is 0 Å². The molecular weight excluding hydrogens is 206 g/mol. The maximum Gasteiger partial charge on any atom is 0.0662 e. The van der Waals surface area contributed by atoms with Gasteiger partial charge in [0.15, 0.2) is 0 Å². The van der Waals surface area contributed by atoms with E-state index in [2.05, 4.69) is 12.1 Å². The van der Waals surface area contributed by atoms with E-state index in [0.717, 1.165) is 17.9 Å². The molecule has 1 nitrogen and oxygen atoms in total. The molecule has 0 amide bonds. The lowest BCUT2D eigenvalue weighted by Gasteiger charge is -2.27. The highest BCUT2D eigenvalue weighted by molar-refractivity contribution is 6.30. The van der Waals surface area contributed by atoms with Crippen LogP contribution in [-0.4, -0.2) is 0 Å². The molecule has 0 heterocycles. The van der Waals surface area contributed by atoms with Crippen LogP contribution < -0.4 is 0 Å². The van der Waals surface area contributed by atoms with E-state index >= 15 is 0 Å². The summed E-state index contributed by atoms with van der Waals surface area (Å²) in [5.74, 6) is 0.569. The molecule has 0 aliphatic heterocycles. The molecular formula is C13H14ClN. The molecule has 1 aromatic rings. The van der Waals surface area contributed by atoms with Gasteiger partial charge in [0.05, 0.1) is 12.0 Å². The van der Waals surface area contributed by atoms with Gasteiger partial charge in [-0.15, -0.1) is 0 Å². The Morgan fingerprint density at radius 3 is 2.80 bits per heavy atom. The first-order chi connectivity index (χ1) is 7.31. The Labute approximate surface area is 95.7 Å². The van der Waals surface area contributed by atoms with Gasteiger partial charge in [-0.3, -0.25) is 0 Å². The minimum absolute atomic E-state index is 0.178. The van der Waals surface area contributed by atoms with Gasteiger partial charge in [-0.25, -0.2) is 0 Å². The van der Waals surface area contributed by atoms with Crippen molar-refractivity contribution in [2.45, 2.75) is 31.6 Å². The zero-order chi connectivity index (χ0) is 10.7. The van der Waals surface area contributed by atoms with Gasteiger partial charge in [-0.2, -0.15) is 5.26 Å². The molecule has 0 radical (unpaired) electrons. The summed E-state index contributed by atoms with van der Waals surface area (Å²) in [7, 11) is 0. The van der Waals surface area contributed by atoms with Gasteiger partial charge in [-0.05, 0) is 36.5 Å². The Morgan fingerprint density at radius 2 is 2.07 bits per heavy atom. The van der Waals surface area contributed by atoms with Gasteiger partial charge >= 0.3 is 0 Å². The number of hydrogen-bond donors (Lipinski definition) is 0. The van der Waals surface area contributed by atoms with Crippen LogP contribution in [0.15, 0.2) is 24.3 Å². The highest BCUT2D eigenvalue weighted by Crippen LogP contribution is 2.37. The zero-order valence-corrected chi connectivity index (χ0v) is 9.37. The highest BCUT2D eigenvalue weighted by atomic mass is 35.5. The van der Waals surface area contributed by atoms with Gasteiger partial charge < -0.3 is 0 Å². The third kappa shape index (κ3) is 2.33. The predicted octanol–water partition coefficient (Wildman–Crippen LogP) is 4.14. The van der Waals surface area contributed by atoms with Crippen molar-refractivity contribution in [1.82, 2.24) is 0 Å². The summed E-state index contributed by atoms with van der Waals surface area (Å²) in [6.07, 6.45) is 4.58.